The number of carbonyl (C=O) groups excluding carboxylic acids is 1. The summed E-state index contributed by atoms with van der Waals surface area (Å²) >= 11 is 0. The average molecular weight is 472 g/mol. The lowest BCUT2D eigenvalue weighted by molar-refractivity contribution is -0.174. The third kappa shape index (κ3) is 4.38. The number of carbonyl (C=O) groups is 1. The molecule has 0 spiro atoms. The van der Waals surface area contributed by atoms with Crippen molar-refractivity contribution in [1.29, 1.82) is 0 Å². The van der Waals surface area contributed by atoms with Gasteiger partial charge in [0, 0.05) is 30.6 Å². The molecule has 1 unspecified atom stereocenters. The van der Waals surface area contributed by atoms with Crippen LogP contribution in [0, 0.1) is 0 Å². The number of ether oxygens (including phenoxy) is 2. The van der Waals surface area contributed by atoms with Gasteiger partial charge in [-0.3, -0.25) is 9.48 Å². The Balaban J connectivity index is 1.27. The minimum absolute atomic E-state index is 0.0152. The molecule has 1 atom stereocenters. The summed E-state index contributed by atoms with van der Waals surface area (Å²) < 4.78 is 52.0. The number of aryl methyl sites for hydroxylation is 1. The SMILES string of the molecule is Cn1cc(-c2cnc3c(c2)ncn3Cc2ccc3c(c2)OCC(CNC(=O)C(F)(F)F)O3)cn1. The molecule has 9 nitrogen and oxygen atoms in total. The van der Waals surface area contributed by atoms with Crippen LogP contribution in [0.2, 0.25) is 0 Å². The van der Waals surface area contributed by atoms with E-state index in [-0.39, 0.29) is 13.2 Å². The Labute approximate surface area is 191 Å². The predicted molar refractivity (Wildman–Crippen MR) is 114 cm³/mol. The van der Waals surface area contributed by atoms with Crippen molar-refractivity contribution in [3.05, 3.63) is 54.7 Å². The van der Waals surface area contributed by atoms with Crippen molar-refractivity contribution in [3.63, 3.8) is 0 Å². The van der Waals surface area contributed by atoms with Crippen molar-refractivity contribution in [3.8, 4) is 22.6 Å². The number of rotatable bonds is 5. The molecule has 0 fully saturated rings. The lowest BCUT2D eigenvalue weighted by Crippen LogP contribution is -2.45. The maximum Gasteiger partial charge on any atom is 0.471 e. The van der Waals surface area contributed by atoms with E-state index < -0.39 is 18.2 Å². The summed E-state index contributed by atoms with van der Waals surface area (Å²) in [5, 5.41) is 5.99. The first-order valence-corrected chi connectivity index (χ1v) is 10.3. The maximum absolute atomic E-state index is 12.3. The first-order valence-electron chi connectivity index (χ1n) is 10.3. The minimum atomic E-state index is -4.94. The standard InChI is InChI=1S/C22H19F3N6O3/c1-30-10-15(7-29-30)14-5-17-20(26-6-14)31(12-28-17)9-13-2-3-18-19(4-13)33-11-16(34-18)8-27-21(32)22(23,24)25/h2-7,10,12,16H,8-9,11H2,1H3,(H,27,32). The van der Waals surface area contributed by atoms with Gasteiger partial charge in [0.25, 0.3) is 0 Å². The fourth-order valence-electron chi connectivity index (χ4n) is 3.65. The number of hydrogen-bond acceptors (Lipinski definition) is 6. The fraction of sp³-hybridized carbons (Fsp3) is 0.273. The van der Waals surface area contributed by atoms with Gasteiger partial charge in [-0.25, -0.2) is 9.97 Å². The number of nitrogens with zero attached hydrogens (tertiary/aromatic N) is 5. The van der Waals surface area contributed by atoms with E-state index in [4.69, 9.17) is 9.47 Å². The Morgan fingerprint density at radius 2 is 2.03 bits per heavy atom. The smallest absolute Gasteiger partial charge is 0.471 e. The van der Waals surface area contributed by atoms with Crippen LogP contribution in [-0.2, 0) is 18.4 Å². The number of amides is 1. The third-order valence-electron chi connectivity index (χ3n) is 5.32. The molecule has 176 valence electrons. The van der Waals surface area contributed by atoms with Crippen molar-refractivity contribution in [2.45, 2.75) is 18.8 Å². The van der Waals surface area contributed by atoms with Gasteiger partial charge in [-0.2, -0.15) is 18.3 Å². The van der Waals surface area contributed by atoms with E-state index in [2.05, 4.69) is 15.1 Å². The number of fused-ring (bicyclic) bond motifs is 2. The van der Waals surface area contributed by atoms with Crippen LogP contribution >= 0.6 is 0 Å². The molecule has 0 saturated heterocycles. The van der Waals surface area contributed by atoms with Crippen LogP contribution in [0.3, 0.4) is 0 Å². The number of imidazole rings is 1. The molecule has 0 saturated carbocycles. The van der Waals surface area contributed by atoms with Crippen molar-refractivity contribution in [2.75, 3.05) is 13.2 Å². The minimum Gasteiger partial charge on any atom is -0.486 e. The first kappa shape index (κ1) is 21.7. The molecular weight excluding hydrogens is 453 g/mol. The number of pyridine rings is 1. The summed E-state index contributed by atoms with van der Waals surface area (Å²) in [6.07, 6.45) is 1.50. The Morgan fingerprint density at radius 3 is 2.79 bits per heavy atom. The fourth-order valence-corrected chi connectivity index (χ4v) is 3.65. The number of halogens is 3. The molecule has 0 bridgehead atoms. The number of alkyl halides is 3. The monoisotopic (exact) mass is 472 g/mol. The highest BCUT2D eigenvalue weighted by Gasteiger charge is 2.39. The summed E-state index contributed by atoms with van der Waals surface area (Å²) in [4.78, 5) is 20.0. The van der Waals surface area contributed by atoms with Gasteiger partial charge in [-0.1, -0.05) is 6.07 Å². The zero-order chi connectivity index (χ0) is 23.9. The van der Waals surface area contributed by atoms with E-state index in [0.29, 0.717) is 18.0 Å². The van der Waals surface area contributed by atoms with Crippen LogP contribution in [-0.4, -0.2) is 55.7 Å². The van der Waals surface area contributed by atoms with E-state index in [9.17, 15) is 18.0 Å². The highest BCUT2D eigenvalue weighted by molar-refractivity contribution is 5.81. The van der Waals surface area contributed by atoms with Crippen molar-refractivity contribution in [1.82, 2.24) is 29.6 Å². The molecule has 1 aromatic carbocycles. The van der Waals surface area contributed by atoms with Crippen LogP contribution in [0.1, 0.15) is 5.56 Å². The van der Waals surface area contributed by atoms with Crippen LogP contribution in [0.4, 0.5) is 13.2 Å². The lowest BCUT2D eigenvalue weighted by atomic mass is 10.1. The molecule has 1 aliphatic heterocycles. The second-order valence-corrected chi connectivity index (χ2v) is 7.88. The van der Waals surface area contributed by atoms with Crippen LogP contribution in [0.15, 0.2) is 49.2 Å². The van der Waals surface area contributed by atoms with Gasteiger partial charge in [-0.05, 0) is 23.8 Å². The molecule has 34 heavy (non-hydrogen) atoms. The topological polar surface area (TPSA) is 96.1 Å². The predicted octanol–water partition coefficient (Wildman–Crippen LogP) is 2.70. The Morgan fingerprint density at radius 1 is 1.18 bits per heavy atom. The summed E-state index contributed by atoms with van der Waals surface area (Å²) in [5.74, 6) is -1.13. The van der Waals surface area contributed by atoms with Gasteiger partial charge in [0.15, 0.2) is 17.1 Å². The van der Waals surface area contributed by atoms with Crippen molar-refractivity contribution < 1.29 is 27.4 Å². The van der Waals surface area contributed by atoms with Crippen LogP contribution in [0.25, 0.3) is 22.3 Å². The van der Waals surface area contributed by atoms with Crippen molar-refractivity contribution >= 4 is 17.1 Å². The lowest BCUT2D eigenvalue weighted by Gasteiger charge is -2.27. The van der Waals surface area contributed by atoms with E-state index in [0.717, 1.165) is 27.9 Å². The maximum atomic E-state index is 12.3. The van der Waals surface area contributed by atoms with E-state index in [1.54, 1.807) is 40.9 Å². The summed E-state index contributed by atoms with van der Waals surface area (Å²) in [5.41, 5.74) is 4.26. The quantitative estimate of drug-likeness (QED) is 0.480. The molecule has 12 heteroatoms. The number of nitrogens with one attached hydrogen (secondary N) is 1. The second-order valence-electron chi connectivity index (χ2n) is 7.88. The van der Waals surface area contributed by atoms with Gasteiger partial charge in [0.1, 0.15) is 18.2 Å². The molecular formula is C22H19F3N6O3. The number of aromatic nitrogens is 5. The summed E-state index contributed by atoms with van der Waals surface area (Å²) in [6.45, 7) is 0.186. The summed E-state index contributed by atoms with van der Waals surface area (Å²) in [7, 11) is 1.85. The molecule has 1 aliphatic rings. The molecule has 3 aromatic heterocycles. The average Bonchev–Trinajstić information content (AvgIpc) is 3.42. The van der Waals surface area contributed by atoms with Gasteiger partial charge in [0.05, 0.1) is 25.6 Å². The molecule has 1 N–H and O–H groups in total. The molecule has 4 heterocycles. The highest BCUT2D eigenvalue weighted by atomic mass is 19.4. The molecule has 0 aliphatic carbocycles. The zero-order valence-corrected chi connectivity index (χ0v) is 17.9. The van der Waals surface area contributed by atoms with Gasteiger partial charge >= 0.3 is 12.1 Å². The van der Waals surface area contributed by atoms with E-state index in [1.165, 1.54) is 0 Å². The largest absolute Gasteiger partial charge is 0.486 e. The first-order chi connectivity index (χ1) is 16.3. The van der Waals surface area contributed by atoms with Gasteiger partial charge < -0.3 is 19.4 Å². The van der Waals surface area contributed by atoms with Crippen LogP contribution in [0.5, 0.6) is 11.5 Å². The van der Waals surface area contributed by atoms with Crippen molar-refractivity contribution in [2.24, 2.45) is 7.05 Å². The Kier molecular flexibility index (Phi) is 5.34. The molecule has 4 aromatic rings. The Bertz CT molecular complexity index is 1360. The molecule has 0 radical (unpaired) electrons. The molecule has 1 amide bonds. The van der Waals surface area contributed by atoms with Gasteiger partial charge in [0.2, 0.25) is 0 Å². The Hall–Kier alpha value is -4.09. The number of benzene rings is 1. The van der Waals surface area contributed by atoms with Gasteiger partial charge in [-0.15, -0.1) is 0 Å². The summed E-state index contributed by atoms with van der Waals surface area (Å²) in [6, 6.07) is 7.28. The molecule has 5 rings (SSSR count). The van der Waals surface area contributed by atoms with Crippen LogP contribution < -0.4 is 14.8 Å². The second kappa shape index (κ2) is 8.36. The number of hydrogen-bond donors (Lipinski definition) is 1. The van der Waals surface area contributed by atoms with E-state index in [1.807, 2.05) is 29.9 Å². The normalized spacial score (nSPS) is 15.5. The third-order valence-corrected chi connectivity index (χ3v) is 5.32. The highest BCUT2D eigenvalue weighted by Crippen LogP contribution is 2.33. The van der Waals surface area contributed by atoms with E-state index >= 15 is 0 Å². The zero-order valence-electron chi connectivity index (χ0n) is 17.9.